The van der Waals surface area contributed by atoms with Crippen LogP contribution in [0.3, 0.4) is 0 Å². The third-order valence-electron chi connectivity index (χ3n) is 4.60. The largest absolute Gasteiger partial charge is 0.378 e. The van der Waals surface area contributed by atoms with Crippen LogP contribution in [0.2, 0.25) is 0 Å². The molecule has 1 heterocycles. The number of morpholine rings is 1. The van der Waals surface area contributed by atoms with Gasteiger partial charge < -0.3 is 19.9 Å². The van der Waals surface area contributed by atoms with E-state index in [1.54, 1.807) is 6.92 Å². The van der Waals surface area contributed by atoms with Gasteiger partial charge in [-0.15, -0.1) is 0 Å². The van der Waals surface area contributed by atoms with E-state index in [0.29, 0.717) is 25.4 Å². The number of likely N-dealkylation sites (N-methyl/N-ethyl adjacent to an activating group) is 1. The third-order valence-corrected chi connectivity index (χ3v) is 4.60. The van der Waals surface area contributed by atoms with Crippen molar-refractivity contribution in [2.45, 2.75) is 6.92 Å². The second-order valence-electron chi connectivity index (χ2n) is 6.52. The van der Waals surface area contributed by atoms with Crippen molar-refractivity contribution in [3.8, 4) is 0 Å². The summed E-state index contributed by atoms with van der Waals surface area (Å²) in [5.74, 6) is -1.16. The van der Waals surface area contributed by atoms with E-state index in [1.165, 1.54) is 29.2 Å². The van der Waals surface area contributed by atoms with E-state index >= 15 is 0 Å². The Bertz CT molecular complexity index is 820. The van der Waals surface area contributed by atoms with E-state index < -0.39 is 5.82 Å². The number of hydrogen-bond acceptors (Lipinski definition) is 4. The summed E-state index contributed by atoms with van der Waals surface area (Å²) >= 11 is 0. The van der Waals surface area contributed by atoms with Gasteiger partial charge in [-0.25, -0.2) is 4.39 Å². The number of halogens is 1. The minimum Gasteiger partial charge on any atom is -0.378 e. The van der Waals surface area contributed by atoms with Gasteiger partial charge in [0.15, 0.2) is 0 Å². The third kappa shape index (κ3) is 5.07. The normalized spacial score (nSPS) is 13.9. The number of rotatable bonds is 6. The average molecular weight is 385 g/mol. The molecule has 3 rings (SSSR count). The summed E-state index contributed by atoms with van der Waals surface area (Å²) in [6.45, 7) is 5.14. The fourth-order valence-electron chi connectivity index (χ4n) is 3.08. The number of nitrogens with one attached hydrogen (secondary N) is 1. The number of carbonyl (C=O) groups excluding carboxylic acids is 2. The van der Waals surface area contributed by atoms with Crippen molar-refractivity contribution in [3.63, 3.8) is 0 Å². The number of carbonyl (C=O) groups is 2. The first-order chi connectivity index (χ1) is 13.6. The van der Waals surface area contributed by atoms with E-state index in [0.717, 1.165) is 18.8 Å². The number of ether oxygens (including phenoxy) is 1. The van der Waals surface area contributed by atoms with Gasteiger partial charge in [0.2, 0.25) is 5.91 Å². The van der Waals surface area contributed by atoms with Crippen LogP contribution >= 0.6 is 0 Å². The molecular weight excluding hydrogens is 361 g/mol. The maximum absolute atomic E-state index is 13.4. The number of nitrogens with zero attached hydrogens (tertiary/aromatic N) is 2. The van der Waals surface area contributed by atoms with Gasteiger partial charge in [0.05, 0.1) is 13.2 Å². The monoisotopic (exact) mass is 385 g/mol. The van der Waals surface area contributed by atoms with Gasteiger partial charge in [0, 0.05) is 36.6 Å². The Balaban J connectivity index is 1.58. The lowest BCUT2D eigenvalue weighted by Crippen LogP contribution is -2.38. The molecule has 2 aromatic rings. The molecule has 0 spiro atoms. The van der Waals surface area contributed by atoms with Crippen molar-refractivity contribution in [3.05, 3.63) is 59.9 Å². The van der Waals surface area contributed by atoms with Gasteiger partial charge in [0.1, 0.15) is 12.4 Å². The zero-order valence-electron chi connectivity index (χ0n) is 15.9. The predicted octanol–water partition coefficient (Wildman–Crippen LogP) is 2.76. The molecule has 0 aromatic heterocycles. The maximum Gasteiger partial charge on any atom is 0.254 e. The Kier molecular flexibility index (Phi) is 6.60. The smallest absolute Gasteiger partial charge is 0.254 e. The molecule has 1 aliphatic heterocycles. The summed E-state index contributed by atoms with van der Waals surface area (Å²) in [7, 11) is 0. The molecule has 0 radical (unpaired) electrons. The van der Waals surface area contributed by atoms with Crippen molar-refractivity contribution < 1.29 is 18.7 Å². The van der Waals surface area contributed by atoms with Crippen LogP contribution in [0.1, 0.15) is 17.3 Å². The van der Waals surface area contributed by atoms with Gasteiger partial charge in [0.25, 0.3) is 5.91 Å². The highest BCUT2D eigenvalue weighted by atomic mass is 19.1. The Morgan fingerprint density at radius 1 is 1.14 bits per heavy atom. The van der Waals surface area contributed by atoms with Crippen LogP contribution in [0, 0.1) is 5.82 Å². The molecule has 0 saturated carbocycles. The fraction of sp³-hybridized carbons (Fsp3) is 0.333. The molecule has 1 aliphatic rings. The van der Waals surface area contributed by atoms with Gasteiger partial charge >= 0.3 is 0 Å². The highest BCUT2D eigenvalue weighted by Gasteiger charge is 2.18. The van der Waals surface area contributed by atoms with Crippen molar-refractivity contribution in [2.24, 2.45) is 0 Å². The lowest BCUT2D eigenvalue weighted by atomic mass is 10.2. The summed E-state index contributed by atoms with van der Waals surface area (Å²) in [6, 6.07) is 13.1. The zero-order valence-corrected chi connectivity index (χ0v) is 15.9. The highest BCUT2D eigenvalue weighted by molar-refractivity contribution is 5.99. The molecule has 1 fully saturated rings. The second-order valence-corrected chi connectivity index (χ2v) is 6.52. The fourth-order valence-corrected chi connectivity index (χ4v) is 3.08. The SMILES string of the molecule is CCN(CC(=O)Nc1ccc(N2CCOCC2)cc1)C(=O)c1cccc(F)c1. The Morgan fingerprint density at radius 2 is 1.86 bits per heavy atom. The van der Waals surface area contributed by atoms with Gasteiger partial charge in [-0.1, -0.05) is 6.07 Å². The molecule has 1 N–H and O–H groups in total. The van der Waals surface area contributed by atoms with Crippen LogP contribution < -0.4 is 10.2 Å². The molecule has 2 amide bonds. The van der Waals surface area contributed by atoms with Crippen LogP contribution in [0.4, 0.5) is 15.8 Å². The Hall–Kier alpha value is -2.93. The van der Waals surface area contributed by atoms with E-state index in [2.05, 4.69) is 10.2 Å². The molecule has 6 nitrogen and oxygen atoms in total. The highest BCUT2D eigenvalue weighted by Crippen LogP contribution is 2.19. The summed E-state index contributed by atoms with van der Waals surface area (Å²) < 4.78 is 18.7. The summed E-state index contributed by atoms with van der Waals surface area (Å²) in [5, 5.41) is 2.80. The molecule has 28 heavy (non-hydrogen) atoms. The summed E-state index contributed by atoms with van der Waals surface area (Å²) in [4.78, 5) is 28.5. The average Bonchev–Trinajstić information content (AvgIpc) is 2.72. The predicted molar refractivity (Wildman–Crippen MR) is 106 cm³/mol. The quantitative estimate of drug-likeness (QED) is 0.831. The van der Waals surface area contributed by atoms with Crippen LogP contribution in [0.15, 0.2) is 48.5 Å². The van der Waals surface area contributed by atoms with Crippen molar-refractivity contribution >= 4 is 23.2 Å². The first-order valence-corrected chi connectivity index (χ1v) is 9.34. The van der Waals surface area contributed by atoms with Crippen LogP contribution in [-0.4, -0.2) is 56.1 Å². The number of anilines is 2. The molecular formula is C21H24FN3O3. The lowest BCUT2D eigenvalue weighted by molar-refractivity contribution is -0.116. The molecule has 7 heteroatoms. The topological polar surface area (TPSA) is 61.9 Å². The van der Waals surface area contributed by atoms with Crippen LogP contribution in [-0.2, 0) is 9.53 Å². The Labute approximate surface area is 163 Å². The maximum atomic E-state index is 13.4. The number of hydrogen-bond donors (Lipinski definition) is 1. The minimum atomic E-state index is -0.480. The molecule has 0 aliphatic carbocycles. The molecule has 1 saturated heterocycles. The minimum absolute atomic E-state index is 0.100. The molecule has 2 aromatic carbocycles. The number of benzene rings is 2. The first-order valence-electron chi connectivity index (χ1n) is 9.34. The summed E-state index contributed by atoms with van der Waals surface area (Å²) in [6.07, 6.45) is 0. The zero-order chi connectivity index (χ0) is 19.9. The van der Waals surface area contributed by atoms with Crippen molar-refractivity contribution in [1.29, 1.82) is 0 Å². The van der Waals surface area contributed by atoms with E-state index in [4.69, 9.17) is 4.74 Å². The molecule has 0 bridgehead atoms. The van der Waals surface area contributed by atoms with Gasteiger partial charge in [-0.3, -0.25) is 9.59 Å². The van der Waals surface area contributed by atoms with Gasteiger partial charge in [-0.05, 0) is 49.4 Å². The van der Waals surface area contributed by atoms with Crippen molar-refractivity contribution in [1.82, 2.24) is 4.90 Å². The summed E-state index contributed by atoms with van der Waals surface area (Å²) in [5.41, 5.74) is 1.97. The molecule has 148 valence electrons. The van der Waals surface area contributed by atoms with Crippen molar-refractivity contribution in [2.75, 3.05) is 49.6 Å². The standard InChI is InChI=1S/C21H24FN3O3/c1-2-24(21(27)16-4-3-5-17(22)14-16)15-20(26)23-18-6-8-19(9-7-18)25-10-12-28-13-11-25/h3-9,14H,2,10-13,15H2,1H3,(H,23,26). The Morgan fingerprint density at radius 3 is 2.50 bits per heavy atom. The van der Waals surface area contributed by atoms with Crippen LogP contribution in [0.5, 0.6) is 0 Å². The van der Waals surface area contributed by atoms with E-state index in [9.17, 15) is 14.0 Å². The second kappa shape index (κ2) is 9.32. The molecule has 0 unspecified atom stereocenters. The van der Waals surface area contributed by atoms with Gasteiger partial charge in [-0.2, -0.15) is 0 Å². The van der Waals surface area contributed by atoms with E-state index in [-0.39, 0.29) is 23.9 Å². The number of amides is 2. The lowest BCUT2D eigenvalue weighted by Gasteiger charge is -2.29. The first kappa shape index (κ1) is 19.8. The van der Waals surface area contributed by atoms with E-state index in [1.807, 2.05) is 24.3 Å². The van der Waals surface area contributed by atoms with Crippen LogP contribution in [0.25, 0.3) is 0 Å². The molecule has 0 atom stereocenters.